The number of methoxy groups -OCH3 is 1. The highest BCUT2D eigenvalue weighted by atomic mass is 32.2. The van der Waals surface area contributed by atoms with Crippen LogP contribution in [0.1, 0.15) is 0 Å². The van der Waals surface area contributed by atoms with E-state index in [4.69, 9.17) is 4.74 Å². The first-order valence-electron chi connectivity index (χ1n) is 6.12. The van der Waals surface area contributed by atoms with Gasteiger partial charge in [0.25, 0.3) is 0 Å². The SMILES string of the molecule is COc1ccc(-n2cc(SC)c3ccccc32)cc1. The number of fused-ring (bicyclic) bond motifs is 1. The number of para-hydroxylation sites is 1. The van der Waals surface area contributed by atoms with Crippen LogP contribution in [0.5, 0.6) is 5.75 Å². The number of aromatic nitrogens is 1. The molecule has 1 heterocycles. The highest BCUT2D eigenvalue weighted by Crippen LogP contribution is 2.30. The third-order valence-corrected chi connectivity index (χ3v) is 4.01. The molecule has 96 valence electrons. The maximum absolute atomic E-state index is 5.21. The number of hydrogen-bond donors (Lipinski definition) is 0. The van der Waals surface area contributed by atoms with Crippen molar-refractivity contribution in [2.75, 3.05) is 13.4 Å². The van der Waals surface area contributed by atoms with Gasteiger partial charge < -0.3 is 9.30 Å². The molecule has 19 heavy (non-hydrogen) atoms. The molecule has 0 atom stereocenters. The fourth-order valence-corrected chi connectivity index (χ4v) is 2.87. The van der Waals surface area contributed by atoms with E-state index in [1.165, 1.54) is 15.8 Å². The summed E-state index contributed by atoms with van der Waals surface area (Å²) in [5.41, 5.74) is 2.38. The molecule has 2 aromatic carbocycles. The molecule has 1 aromatic heterocycles. The third kappa shape index (κ3) is 2.10. The van der Waals surface area contributed by atoms with Crippen LogP contribution >= 0.6 is 11.8 Å². The largest absolute Gasteiger partial charge is 0.497 e. The monoisotopic (exact) mass is 269 g/mol. The normalized spacial score (nSPS) is 10.8. The summed E-state index contributed by atoms with van der Waals surface area (Å²) in [6.07, 6.45) is 4.30. The van der Waals surface area contributed by atoms with Crippen LogP contribution in [0, 0.1) is 0 Å². The van der Waals surface area contributed by atoms with Crippen molar-refractivity contribution in [1.82, 2.24) is 4.57 Å². The first kappa shape index (κ1) is 12.2. The van der Waals surface area contributed by atoms with Gasteiger partial charge in [-0.2, -0.15) is 0 Å². The Labute approximate surface area is 117 Å². The second-order valence-corrected chi connectivity index (χ2v) is 5.13. The molecule has 3 heteroatoms. The lowest BCUT2D eigenvalue weighted by atomic mass is 10.2. The van der Waals surface area contributed by atoms with Crippen molar-refractivity contribution in [1.29, 1.82) is 0 Å². The number of thioether (sulfide) groups is 1. The Morgan fingerprint density at radius 1 is 1.00 bits per heavy atom. The van der Waals surface area contributed by atoms with E-state index in [2.05, 4.69) is 53.4 Å². The van der Waals surface area contributed by atoms with Crippen molar-refractivity contribution >= 4 is 22.7 Å². The Kier molecular flexibility index (Phi) is 3.22. The van der Waals surface area contributed by atoms with Gasteiger partial charge in [0.2, 0.25) is 0 Å². The van der Waals surface area contributed by atoms with Crippen LogP contribution < -0.4 is 4.74 Å². The van der Waals surface area contributed by atoms with Crippen molar-refractivity contribution in [3.8, 4) is 11.4 Å². The molecule has 2 nitrogen and oxygen atoms in total. The van der Waals surface area contributed by atoms with Crippen molar-refractivity contribution in [3.05, 3.63) is 54.7 Å². The number of rotatable bonds is 3. The summed E-state index contributed by atoms with van der Waals surface area (Å²) in [7, 11) is 1.69. The summed E-state index contributed by atoms with van der Waals surface area (Å²) in [4.78, 5) is 1.30. The molecular formula is C16H15NOS. The molecule has 0 fully saturated rings. The van der Waals surface area contributed by atoms with Crippen LogP contribution in [0.25, 0.3) is 16.6 Å². The Morgan fingerprint density at radius 3 is 2.42 bits per heavy atom. The highest BCUT2D eigenvalue weighted by molar-refractivity contribution is 7.98. The fourth-order valence-electron chi connectivity index (χ4n) is 2.27. The molecule has 0 unspecified atom stereocenters. The van der Waals surface area contributed by atoms with Crippen molar-refractivity contribution in [2.45, 2.75) is 4.90 Å². The Hall–Kier alpha value is -1.87. The van der Waals surface area contributed by atoms with E-state index >= 15 is 0 Å². The van der Waals surface area contributed by atoms with Gasteiger partial charge in [0.05, 0.1) is 12.6 Å². The quantitative estimate of drug-likeness (QED) is 0.656. The molecular weight excluding hydrogens is 254 g/mol. The lowest BCUT2D eigenvalue weighted by molar-refractivity contribution is 0.415. The van der Waals surface area contributed by atoms with Crippen molar-refractivity contribution in [3.63, 3.8) is 0 Å². The molecule has 0 aliphatic rings. The highest BCUT2D eigenvalue weighted by Gasteiger charge is 2.08. The van der Waals surface area contributed by atoms with Gasteiger partial charge in [0.15, 0.2) is 0 Å². The lowest BCUT2D eigenvalue weighted by Gasteiger charge is -2.06. The molecule has 3 aromatic rings. The Balaban J connectivity index is 2.18. The number of benzene rings is 2. The zero-order valence-corrected chi connectivity index (χ0v) is 11.8. The third-order valence-electron chi connectivity index (χ3n) is 3.25. The van der Waals surface area contributed by atoms with E-state index in [-0.39, 0.29) is 0 Å². The first-order valence-corrected chi connectivity index (χ1v) is 7.34. The predicted molar refractivity (Wildman–Crippen MR) is 81.6 cm³/mol. The fraction of sp³-hybridized carbons (Fsp3) is 0.125. The van der Waals surface area contributed by atoms with E-state index < -0.39 is 0 Å². The van der Waals surface area contributed by atoms with Gasteiger partial charge in [-0.25, -0.2) is 0 Å². The van der Waals surface area contributed by atoms with Gasteiger partial charge in [-0.1, -0.05) is 18.2 Å². The van der Waals surface area contributed by atoms with Gasteiger partial charge in [-0.3, -0.25) is 0 Å². The van der Waals surface area contributed by atoms with Gasteiger partial charge in [-0.15, -0.1) is 11.8 Å². The Bertz CT molecular complexity index is 700. The van der Waals surface area contributed by atoms with Gasteiger partial charge in [0, 0.05) is 22.2 Å². The number of nitrogens with zero attached hydrogens (tertiary/aromatic N) is 1. The van der Waals surface area contributed by atoms with Crippen molar-refractivity contribution in [2.24, 2.45) is 0 Å². The minimum Gasteiger partial charge on any atom is -0.497 e. The van der Waals surface area contributed by atoms with E-state index in [0.29, 0.717) is 0 Å². The standard InChI is InChI=1S/C16H15NOS/c1-18-13-9-7-12(8-10-13)17-11-16(19-2)14-5-3-4-6-15(14)17/h3-11H,1-2H3. The number of ether oxygens (including phenoxy) is 1. The van der Waals surface area contributed by atoms with Crippen LogP contribution in [0.2, 0.25) is 0 Å². The molecule has 0 amide bonds. The summed E-state index contributed by atoms with van der Waals surface area (Å²) in [6.45, 7) is 0. The minimum atomic E-state index is 0.880. The molecule has 0 spiro atoms. The van der Waals surface area contributed by atoms with E-state index in [1.807, 2.05) is 12.1 Å². The summed E-state index contributed by atoms with van der Waals surface area (Å²) >= 11 is 1.78. The first-order chi connectivity index (χ1) is 9.33. The Morgan fingerprint density at radius 2 is 1.74 bits per heavy atom. The van der Waals surface area contributed by atoms with E-state index in [0.717, 1.165) is 11.4 Å². The smallest absolute Gasteiger partial charge is 0.119 e. The van der Waals surface area contributed by atoms with Crippen LogP contribution in [0.3, 0.4) is 0 Å². The summed E-state index contributed by atoms with van der Waals surface area (Å²) in [5, 5.41) is 1.30. The van der Waals surface area contributed by atoms with Crippen LogP contribution in [0.15, 0.2) is 59.6 Å². The predicted octanol–water partition coefficient (Wildman–Crippen LogP) is 4.36. The molecule has 0 saturated carbocycles. The van der Waals surface area contributed by atoms with E-state index in [1.54, 1.807) is 18.9 Å². The van der Waals surface area contributed by atoms with Gasteiger partial charge in [0.1, 0.15) is 5.75 Å². The summed E-state index contributed by atoms with van der Waals surface area (Å²) < 4.78 is 7.43. The second-order valence-electron chi connectivity index (χ2n) is 4.28. The average Bonchev–Trinajstić information content (AvgIpc) is 2.86. The van der Waals surface area contributed by atoms with Crippen LogP contribution in [-0.4, -0.2) is 17.9 Å². The molecule has 0 bridgehead atoms. The molecule has 0 N–H and O–H groups in total. The summed E-state index contributed by atoms with van der Waals surface area (Å²) in [5.74, 6) is 0.880. The molecule has 0 saturated heterocycles. The average molecular weight is 269 g/mol. The maximum Gasteiger partial charge on any atom is 0.119 e. The number of hydrogen-bond acceptors (Lipinski definition) is 2. The van der Waals surface area contributed by atoms with E-state index in [9.17, 15) is 0 Å². The molecule has 3 rings (SSSR count). The maximum atomic E-state index is 5.21. The zero-order chi connectivity index (χ0) is 13.2. The lowest BCUT2D eigenvalue weighted by Crippen LogP contribution is -1.91. The molecule has 0 aliphatic heterocycles. The second kappa shape index (κ2) is 5.02. The van der Waals surface area contributed by atoms with Crippen LogP contribution in [0.4, 0.5) is 0 Å². The minimum absolute atomic E-state index is 0.880. The van der Waals surface area contributed by atoms with Crippen molar-refractivity contribution < 1.29 is 4.74 Å². The van der Waals surface area contributed by atoms with Gasteiger partial charge in [-0.05, 0) is 36.6 Å². The van der Waals surface area contributed by atoms with Crippen LogP contribution in [-0.2, 0) is 0 Å². The molecule has 0 aliphatic carbocycles. The summed E-state index contributed by atoms with van der Waals surface area (Å²) in [6, 6.07) is 16.6. The zero-order valence-electron chi connectivity index (χ0n) is 11.0. The van der Waals surface area contributed by atoms with Gasteiger partial charge >= 0.3 is 0 Å². The molecule has 0 radical (unpaired) electrons. The topological polar surface area (TPSA) is 14.2 Å².